The molecule has 0 aromatic heterocycles. The summed E-state index contributed by atoms with van der Waals surface area (Å²) in [7, 11) is 0. The molecule has 0 amide bonds. The van der Waals surface area contributed by atoms with Gasteiger partial charge in [0.15, 0.2) is 11.1 Å². The van der Waals surface area contributed by atoms with Crippen molar-refractivity contribution in [2.45, 2.75) is 4.90 Å². The Morgan fingerprint density at radius 3 is 2.41 bits per heavy atom. The first-order chi connectivity index (χ1) is 8.15. The first-order valence-electron chi connectivity index (χ1n) is 4.79. The Balaban J connectivity index is 2.21. The molecule has 2 rings (SSSR count). The van der Waals surface area contributed by atoms with Crippen LogP contribution in [0.5, 0.6) is 11.5 Å². The van der Waals surface area contributed by atoms with E-state index in [2.05, 4.69) is 0 Å². The average Bonchev–Trinajstić information content (AvgIpc) is 2.32. The van der Waals surface area contributed by atoms with Crippen molar-refractivity contribution in [2.75, 3.05) is 0 Å². The van der Waals surface area contributed by atoms with Gasteiger partial charge in [0.05, 0.1) is 4.90 Å². The van der Waals surface area contributed by atoms with Crippen molar-refractivity contribution in [2.24, 2.45) is 0 Å². The van der Waals surface area contributed by atoms with E-state index in [0.717, 1.165) is 0 Å². The van der Waals surface area contributed by atoms with Crippen LogP contribution in [0.15, 0.2) is 53.4 Å². The van der Waals surface area contributed by atoms with E-state index in [0.29, 0.717) is 11.5 Å². The van der Waals surface area contributed by atoms with Gasteiger partial charge in [-0.05, 0) is 42.5 Å². The average molecular weight is 252 g/mol. The van der Waals surface area contributed by atoms with Crippen LogP contribution in [-0.4, -0.2) is 8.76 Å². The summed E-state index contributed by atoms with van der Waals surface area (Å²) in [4.78, 5) is 0.254. The zero-order valence-corrected chi connectivity index (χ0v) is 9.49. The van der Waals surface area contributed by atoms with Crippen molar-refractivity contribution < 1.29 is 17.9 Å². The van der Waals surface area contributed by atoms with Crippen molar-refractivity contribution in [3.8, 4) is 11.5 Å². The number of benzene rings is 2. The zero-order valence-electron chi connectivity index (χ0n) is 8.67. The summed E-state index contributed by atoms with van der Waals surface area (Å²) in [5.41, 5.74) is 0. The highest BCUT2D eigenvalue weighted by Gasteiger charge is 2.03. The molecule has 1 unspecified atom stereocenters. The van der Waals surface area contributed by atoms with E-state index < -0.39 is 11.1 Å². The molecule has 0 aliphatic heterocycles. The second kappa shape index (κ2) is 5.07. The van der Waals surface area contributed by atoms with Gasteiger partial charge in [0.1, 0.15) is 17.3 Å². The lowest BCUT2D eigenvalue weighted by Crippen LogP contribution is -1.90. The molecule has 0 saturated carbocycles. The third-order valence-corrected chi connectivity index (χ3v) is 2.71. The fraction of sp³-hybridized carbons (Fsp3) is 0. The Bertz CT molecular complexity index is 540. The normalized spacial score (nSPS) is 12.1. The Morgan fingerprint density at radius 1 is 1.06 bits per heavy atom. The molecule has 1 atom stereocenters. The van der Waals surface area contributed by atoms with Gasteiger partial charge >= 0.3 is 0 Å². The summed E-state index contributed by atoms with van der Waals surface area (Å²) in [6, 6.07) is 11.8. The largest absolute Gasteiger partial charge is 0.457 e. The molecule has 0 radical (unpaired) electrons. The highest BCUT2D eigenvalue weighted by atomic mass is 32.2. The predicted molar refractivity (Wildman–Crippen MR) is 62.0 cm³/mol. The van der Waals surface area contributed by atoms with Crippen LogP contribution in [0.4, 0.5) is 4.39 Å². The molecule has 0 aliphatic carbocycles. The quantitative estimate of drug-likeness (QED) is 0.853. The Hall–Kier alpha value is -1.72. The van der Waals surface area contributed by atoms with Crippen molar-refractivity contribution >= 4 is 11.1 Å². The highest BCUT2D eigenvalue weighted by Crippen LogP contribution is 2.23. The molecule has 0 fully saturated rings. The zero-order chi connectivity index (χ0) is 12.3. The van der Waals surface area contributed by atoms with Gasteiger partial charge in [0.2, 0.25) is 0 Å². The summed E-state index contributed by atoms with van der Waals surface area (Å²) in [5, 5.41) is 0. The van der Waals surface area contributed by atoms with Crippen LogP contribution >= 0.6 is 0 Å². The predicted octanol–water partition coefficient (Wildman–Crippen LogP) is 3.20. The third kappa shape index (κ3) is 3.12. The molecule has 0 bridgehead atoms. The van der Waals surface area contributed by atoms with Crippen molar-refractivity contribution in [3.63, 3.8) is 0 Å². The molecule has 17 heavy (non-hydrogen) atoms. The summed E-state index contributed by atoms with van der Waals surface area (Å²) in [6.07, 6.45) is 0. The van der Waals surface area contributed by atoms with E-state index in [1.165, 1.54) is 36.4 Å². The monoisotopic (exact) mass is 252 g/mol. The van der Waals surface area contributed by atoms with E-state index in [9.17, 15) is 8.60 Å². The minimum atomic E-state index is -2.04. The lowest BCUT2D eigenvalue weighted by atomic mass is 10.3. The smallest absolute Gasteiger partial charge is 0.186 e. The van der Waals surface area contributed by atoms with Crippen LogP contribution in [0.25, 0.3) is 0 Å². The molecule has 5 heteroatoms. The van der Waals surface area contributed by atoms with E-state index in [1.807, 2.05) is 0 Å². The molecular weight excluding hydrogens is 243 g/mol. The number of halogens is 1. The molecule has 0 heterocycles. The van der Waals surface area contributed by atoms with Crippen LogP contribution < -0.4 is 4.74 Å². The Labute approximate surface area is 100 Å². The standard InChI is InChI=1S/C12H9FO3S/c13-9-4-6-10(7-5-9)16-11-2-1-3-12(8-11)17(14)15/h1-8H,(H,14,15). The maximum absolute atomic E-state index is 12.7. The number of hydrogen-bond donors (Lipinski definition) is 1. The fourth-order valence-corrected chi connectivity index (χ4v) is 1.70. The maximum Gasteiger partial charge on any atom is 0.186 e. The summed E-state index contributed by atoms with van der Waals surface area (Å²) in [5.74, 6) is 0.548. The van der Waals surface area contributed by atoms with E-state index in [1.54, 1.807) is 12.1 Å². The van der Waals surface area contributed by atoms with E-state index in [-0.39, 0.29) is 10.7 Å². The molecular formula is C12H9FO3S. The van der Waals surface area contributed by atoms with Gasteiger partial charge < -0.3 is 9.29 Å². The first-order valence-corrected chi connectivity index (χ1v) is 5.90. The van der Waals surface area contributed by atoms with Gasteiger partial charge in [-0.15, -0.1) is 0 Å². The van der Waals surface area contributed by atoms with Gasteiger partial charge in [0.25, 0.3) is 0 Å². The van der Waals surface area contributed by atoms with Gasteiger partial charge in [-0.2, -0.15) is 0 Å². The van der Waals surface area contributed by atoms with Gasteiger partial charge in [0, 0.05) is 0 Å². The molecule has 0 spiro atoms. The Kier molecular flexibility index (Phi) is 3.51. The number of ether oxygens (including phenoxy) is 1. The van der Waals surface area contributed by atoms with Crippen LogP contribution in [-0.2, 0) is 11.1 Å². The lowest BCUT2D eigenvalue weighted by molar-refractivity contribution is 0.478. The SMILES string of the molecule is O=S(O)c1cccc(Oc2ccc(F)cc2)c1. The number of rotatable bonds is 3. The van der Waals surface area contributed by atoms with Gasteiger partial charge in [-0.25, -0.2) is 8.60 Å². The van der Waals surface area contributed by atoms with Crippen LogP contribution in [0, 0.1) is 5.82 Å². The van der Waals surface area contributed by atoms with Crippen molar-refractivity contribution in [1.29, 1.82) is 0 Å². The van der Waals surface area contributed by atoms with Crippen LogP contribution in [0.3, 0.4) is 0 Å². The van der Waals surface area contributed by atoms with Crippen LogP contribution in [0.2, 0.25) is 0 Å². The van der Waals surface area contributed by atoms with E-state index >= 15 is 0 Å². The molecule has 2 aromatic carbocycles. The first kappa shape index (κ1) is 11.8. The summed E-state index contributed by atoms with van der Waals surface area (Å²) >= 11 is -2.04. The molecule has 0 saturated heterocycles. The molecule has 1 N–H and O–H groups in total. The second-order valence-electron chi connectivity index (χ2n) is 3.28. The second-order valence-corrected chi connectivity index (χ2v) is 4.25. The molecule has 3 nitrogen and oxygen atoms in total. The molecule has 0 aliphatic rings. The fourth-order valence-electron chi connectivity index (χ4n) is 1.29. The van der Waals surface area contributed by atoms with E-state index in [4.69, 9.17) is 9.29 Å². The number of hydrogen-bond acceptors (Lipinski definition) is 2. The Morgan fingerprint density at radius 2 is 1.76 bits per heavy atom. The van der Waals surface area contributed by atoms with Gasteiger partial charge in [-0.3, -0.25) is 0 Å². The summed E-state index contributed by atoms with van der Waals surface area (Å²) < 4.78 is 37.9. The van der Waals surface area contributed by atoms with Crippen LogP contribution in [0.1, 0.15) is 0 Å². The van der Waals surface area contributed by atoms with Gasteiger partial charge in [-0.1, -0.05) is 6.07 Å². The summed E-state index contributed by atoms with van der Waals surface area (Å²) in [6.45, 7) is 0. The minimum Gasteiger partial charge on any atom is -0.457 e. The maximum atomic E-state index is 12.7. The van der Waals surface area contributed by atoms with Crippen molar-refractivity contribution in [1.82, 2.24) is 0 Å². The third-order valence-electron chi connectivity index (χ3n) is 2.06. The molecule has 88 valence electrons. The molecule has 2 aromatic rings. The van der Waals surface area contributed by atoms with Crippen molar-refractivity contribution in [3.05, 3.63) is 54.3 Å². The topological polar surface area (TPSA) is 46.5 Å². The lowest BCUT2D eigenvalue weighted by Gasteiger charge is -2.06. The highest BCUT2D eigenvalue weighted by molar-refractivity contribution is 7.79. The minimum absolute atomic E-state index is 0.254.